The molecule has 0 spiro atoms. The van der Waals surface area contributed by atoms with Crippen molar-refractivity contribution >= 4 is 17.3 Å². The lowest BCUT2D eigenvalue weighted by Crippen LogP contribution is -2.56. The van der Waals surface area contributed by atoms with E-state index in [1.54, 1.807) is 13.0 Å². The van der Waals surface area contributed by atoms with Crippen LogP contribution in [0.15, 0.2) is 18.2 Å². The Labute approximate surface area is 255 Å². The Morgan fingerprint density at radius 2 is 1.75 bits per heavy atom. The molecule has 0 amide bonds. The SMILES string of the molecule is COc1cccc2c1C(=O)c1c(O)c3c(c(O)c1C2=O)C[C@@](O)(C(C)=O)C[C@@H]3O[C@H]1C[C@H](NC2CCCCC2)[C@H](O)[C@H](C)O1. The third kappa shape index (κ3) is 5.00. The number of aromatic hydroxyl groups is 2. The molecule has 11 nitrogen and oxygen atoms in total. The summed E-state index contributed by atoms with van der Waals surface area (Å²) in [6, 6.07) is 4.40. The Morgan fingerprint density at radius 1 is 1.05 bits per heavy atom. The Hall–Kier alpha value is -3.35. The van der Waals surface area contributed by atoms with E-state index in [9.17, 15) is 34.8 Å². The third-order valence-corrected chi connectivity index (χ3v) is 9.81. The fraction of sp³-hybridized carbons (Fsp3) is 0.545. The number of carbonyl (C=O) groups excluding carboxylic acids is 3. The zero-order chi connectivity index (χ0) is 31.5. The van der Waals surface area contributed by atoms with E-state index in [2.05, 4.69) is 5.32 Å². The Kier molecular flexibility index (Phi) is 8.04. The number of aliphatic hydroxyl groups is 2. The molecular formula is C33H39NO10. The molecule has 1 saturated carbocycles. The van der Waals surface area contributed by atoms with Gasteiger partial charge < -0.3 is 40.0 Å². The molecule has 0 aromatic heterocycles. The zero-order valence-electron chi connectivity index (χ0n) is 25.1. The summed E-state index contributed by atoms with van der Waals surface area (Å²) in [7, 11) is 1.36. The molecule has 4 aliphatic rings. The van der Waals surface area contributed by atoms with Crippen molar-refractivity contribution in [1.82, 2.24) is 5.32 Å². The number of carbonyl (C=O) groups is 3. The summed E-state index contributed by atoms with van der Waals surface area (Å²) >= 11 is 0. The lowest BCUT2D eigenvalue weighted by Gasteiger charge is -2.43. The highest BCUT2D eigenvalue weighted by molar-refractivity contribution is 6.31. The van der Waals surface area contributed by atoms with Gasteiger partial charge in [0.2, 0.25) is 5.78 Å². The molecule has 5 N–H and O–H groups in total. The first-order valence-electron chi connectivity index (χ1n) is 15.3. The molecule has 1 aliphatic heterocycles. The molecular weight excluding hydrogens is 570 g/mol. The summed E-state index contributed by atoms with van der Waals surface area (Å²) in [5, 5.41) is 49.1. The number of Topliss-reactive ketones (excluding diaryl/α,β-unsaturated/α-hetero) is 1. The summed E-state index contributed by atoms with van der Waals surface area (Å²) in [6.45, 7) is 2.94. The molecule has 0 radical (unpaired) electrons. The average Bonchev–Trinajstić information content (AvgIpc) is 3.00. The molecule has 3 aliphatic carbocycles. The number of phenolic OH excluding ortho intramolecular Hbond substituents is 2. The van der Waals surface area contributed by atoms with Gasteiger partial charge in [0.1, 0.15) is 22.8 Å². The highest BCUT2D eigenvalue weighted by Crippen LogP contribution is 2.52. The number of ketones is 3. The molecule has 1 saturated heterocycles. The largest absolute Gasteiger partial charge is 0.507 e. The highest BCUT2D eigenvalue weighted by Gasteiger charge is 2.49. The van der Waals surface area contributed by atoms with E-state index in [1.807, 2.05) is 0 Å². The van der Waals surface area contributed by atoms with Crippen LogP contribution in [0.2, 0.25) is 0 Å². The first-order chi connectivity index (χ1) is 20.9. The van der Waals surface area contributed by atoms with Gasteiger partial charge in [-0.1, -0.05) is 31.4 Å². The van der Waals surface area contributed by atoms with Gasteiger partial charge in [0, 0.05) is 48.0 Å². The molecule has 44 heavy (non-hydrogen) atoms. The lowest BCUT2D eigenvalue weighted by molar-refractivity contribution is -0.250. The molecule has 2 aromatic carbocycles. The van der Waals surface area contributed by atoms with E-state index < -0.39 is 76.6 Å². The fourth-order valence-electron chi connectivity index (χ4n) is 7.36. The van der Waals surface area contributed by atoms with Crippen LogP contribution in [-0.2, 0) is 20.7 Å². The third-order valence-electron chi connectivity index (χ3n) is 9.81. The fourth-order valence-corrected chi connectivity index (χ4v) is 7.36. The maximum Gasteiger partial charge on any atom is 0.202 e. The predicted molar refractivity (Wildman–Crippen MR) is 156 cm³/mol. The van der Waals surface area contributed by atoms with Crippen molar-refractivity contribution in [1.29, 1.82) is 0 Å². The number of hydrogen-bond donors (Lipinski definition) is 5. The van der Waals surface area contributed by atoms with E-state index in [-0.39, 0.29) is 52.9 Å². The van der Waals surface area contributed by atoms with Crippen molar-refractivity contribution in [3.05, 3.63) is 51.6 Å². The number of rotatable bonds is 6. The van der Waals surface area contributed by atoms with Gasteiger partial charge in [-0.15, -0.1) is 0 Å². The molecule has 0 bridgehead atoms. The van der Waals surface area contributed by atoms with Gasteiger partial charge in [-0.05, 0) is 32.8 Å². The van der Waals surface area contributed by atoms with Crippen molar-refractivity contribution in [2.45, 2.75) is 108 Å². The topological polar surface area (TPSA) is 172 Å². The summed E-state index contributed by atoms with van der Waals surface area (Å²) in [5.41, 5.74) is -2.86. The Morgan fingerprint density at radius 3 is 2.43 bits per heavy atom. The number of ether oxygens (including phenoxy) is 3. The van der Waals surface area contributed by atoms with Crippen LogP contribution in [0.4, 0.5) is 0 Å². The second-order valence-electron chi connectivity index (χ2n) is 12.6. The summed E-state index contributed by atoms with van der Waals surface area (Å²) < 4.78 is 17.7. The van der Waals surface area contributed by atoms with Crippen molar-refractivity contribution in [2.24, 2.45) is 0 Å². The number of aliphatic hydroxyl groups excluding tert-OH is 1. The summed E-state index contributed by atoms with van der Waals surface area (Å²) in [4.78, 5) is 40.2. The van der Waals surface area contributed by atoms with Crippen LogP contribution >= 0.6 is 0 Å². The average molecular weight is 610 g/mol. The van der Waals surface area contributed by atoms with Crippen LogP contribution in [0.5, 0.6) is 17.2 Å². The second kappa shape index (κ2) is 11.5. The quantitative estimate of drug-likeness (QED) is 0.260. The van der Waals surface area contributed by atoms with Crippen molar-refractivity contribution < 1.29 is 49.0 Å². The summed E-state index contributed by atoms with van der Waals surface area (Å²) in [6.07, 6.45) is 1.44. The first-order valence-corrected chi connectivity index (χ1v) is 15.3. The van der Waals surface area contributed by atoms with Crippen molar-refractivity contribution in [2.75, 3.05) is 7.11 Å². The Bertz CT molecular complexity index is 1510. The van der Waals surface area contributed by atoms with Crippen LogP contribution in [0.25, 0.3) is 0 Å². The van der Waals surface area contributed by atoms with E-state index in [4.69, 9.17) is 14.2 Å². The van der Waals surface area contributed by atoms with Crippen molar-refractivity contribution in [3.63, 3.8) is 0 Å². The van der Waals surface area contributed by atoms with Gasteiger partial charge in [-0.2, -0.15) is 0 Å². The zero-order valence-corrected chi connectivity index (χ0v) is 25.1. The second-order valence-corrected chi connectivity index (χ2v) is 12.6. The number of methoxy groups -OCH3 is 1. The molecule has 0 unspecified atom stereocenters. The summed E-state index contributed by atoms with van der Waals surface area (Å²) in [5.74, 6) is -3.03. The van der Waals surface area contributed by atoms with Gasteiger partial charge in [0.15, 0.2) is 17.9 Å². The van der Waals surface area contributed by atoms with Gasteiger partial charge in [-0.3, -0.25) is 14.4 Å². The number of hydrogen-bond acceptors (Lipinski definition) is 11. The minimum atomic E-state index is -1.99. The van der Waals surface area contributed by atoms with Crippen LogP contribution in [0.3, 0.4) is 0 Å². The lowest BCUT2D eigenvalue weighted by atomic mass is 9.72. The monoisotopic (exact) mass is 609 g/mol. The van der Waals surface area contributed by atoms with E-state index >= 15 is 0 Å². The van der Waals surface area contributed by atoms with Crippen LogP contribution in [-0.4, -0.2) is 81.1 Å². The van der Waals surface area contributed by atoms with E-state index in [0.717, 1.165) is 25.7 Å². The molecule has 2 aromatic rings. The van der Waals surface area contributed by atoms with Crippen LogP contribution in [0, 0.1) is 0 Å². The number of fused-ring (bicyclic) bond motifs is 3. The highest BCUT2D eigenvalue weighted by atomic mass is 16.7. The van der Waals surface area contributed by atoms with Gasteiger partial charge in [0.25, 0.3) is 0 Å². The maximum atomic E-state index is 13.8. The molecule has 236 valence electrons. The maximum absolute atomic E-state index is 13.8. The normalized spacial score (nSPS) is 30.3. The smallest absolute Gasteiger partial charge is 0.202 e. The van der Waals surface area contributed by atoms with Gasteiger partial charge >= 0.3 is 0 Å². The standard InChI is InChI=1S/C33H39NO10/c1-15-28(36)20(34-17-8-5-4-6-9-17)12-23(43-15)44-22-14-33(41,16(2)35)13-19-25(22)32(40)27-26(30(19)38)29(37)18-10-7-11-21(42-3)24(18)31(27)39/h7,10-11,15,17,20,22-23,28,34,36,38,40-41H,4-6,8-9,12-14H2,1-3H3/t15-,20-,22-,23-,28+,33-/m0/s1. The van der Waals surface area contributed by atoms with Gasteiger partial charge in [-0.25, -0.2) is 0 Å². The number of nitrogens with one attached hydrogen (secondary N) is 1. The predicted octanol–water partition coefficient (Wildman–Crippen LogP) is 2.99. The number of phenols is 2. The van der Waals surface area contributed by atoms with E-state index in [0.29, 0.717) is 0 Å². The van der Waals surface area contributed by atoms with Gasteiger partial charge in [0.05, 0.1) is 42.1 Å². The minimum Gasteiger partial charge on any atom is -0.507 e. The van der Waals surface area contributed by atoms with Crippen LogP contribution in [0.1, 0.15) is 108 Å². The van der Waals surface area contributed by atoms with E-state index in [1.165, 1.54) is 32.6 Å². The van der Waals surface area contributed by atoms with Crippen LogP contribution < -0.4 is 10.1 Å². The molecule has 2 fully saturated rings. The molecule has 6 rings (SSSR count). The number of benzene rings is 2. The molecule has 6 atom stereocenters. The van der Waals surface area contributed by atoms with Crippen molar-refractivity contribution in [3.8, 4) is 17.2 Å². The molecule has 11 heteroatoms. The molecule has 1 heterocycles. The minimum absolute atomic E-state index is 0.00148. The Balaban J connectivity index is 1.41. The first kappa shape index (κ1) is 30.7.